The second-order valence-corrected chi connectivity index (χ2v) is 25.6. The Balaban J connectivity index is 0.000000196. The van der Waals surface area contributed by atoms with Gasteiger partial charge < -0.3 is 24.8 Å². The third-order valence-electron chi connectivity index (χ3n) is 9.03. The van der Waals surface area contributed by atoms with Crippen LogP contribution in [0.25, 0.3) is 56.0 Å². The van der Waals surface area contributed by atoms with Crippen molar-refractivity contribution in [2.45, 2.75) is 52.6 Å². The van der Waals surface area contributed by atoms with E-state index in [4.69, 9.17) is 0 Å². The Kier molecular flexibility index (Phi) is 14.9. The second kappa shape index (κ2) is 18.8. The molecule has 50 heavy (non-hydrogen) atoms. The van der Waals surface area contributed by atoms with E-state index in [9.17, 15) is 0 Å². The molecule has 0 saturated carbocycles. The van der Waals surface area contributed by atoms with Crippen LogP contribution in [0.2, 0.25) is 13.1 Å². The Hall–Kier alpha value is -3.27. The molecule has 0 atom stereocenters. The van der Waals surface area contributed by atoms with Crippen LogP contribution in [0.5, 0.6) is 0 Å². The summed E-state index contributed by atoms with van der Waals surface area (Å²) in [5.41, 5.74) is 14.0. The molecule has 0 amide bonds. The number of fused-ring (bicyclic) bond motifs is 4. The molecule has 0 bridgehead atoms. The molecule has 252 valence electrons. The van der Waals surface area contributed by atoms with Crippen molar-refractivity contribution in [2.75, 3.05) is 0 Å². The minimum atomic E-state index is 0. The molecule has 8 rings (SSSR count). The fraction of sp³-hybridized carbons (Fsp3) is 0.174. The molecule has 0 heterocycles. The van der Waals surface area contributed by atoms with E-state index in [-0.39, 0.29) is 30.3 Å². The molecule has 0 aromatic heterocycles. The fourth-order valence-electron chi connectivity index (χ4n) is 6.62. The third kappa shape index (κ3) is 9.53. The van der Waals surface area contributed by atoms with Crippen LogP contribution in [0.1, 0.15) is 47.2 Å². The van der Waals surface area contributed by atoms with Gasteiger partial charge in [-0.2, -0.15) is 0 Å². The minimum Gasteiger partial charge on any atom is -1.00 e. The Morgan fingerprint density at radius 3 is 1.38 bits per heavy atom. The standard InChI is InChI=1S/2C22H19.C2H6Si.2ClH.Hf/c2*1-2-16-12-19-10-6-7-11-21(19)22(13-16)20-14-17-8-4-3-5-9-18(17)15-20;1-3-2;;;/h2*3-8,10-15H,2,9H2,1H3;1-2H3;2*1H;/q2*-1;;;;+2/p-2. The first kappa shape index (κ1) is 39.5. The Morgan fingerprint density at radius 1 is 0.580 bits per heavy atom. The monoisotopic (exact) mass is 874 g/mol. The van der Waals surface area contributed by atoms with Gasteiger partial charge in [-0.05, 0) is 47.2 Å². The van der Waals surface area contributed by atoms with Gasteiger partial charge in [-0.15, -0.1) is 69.8 Å². The van der Waals surface area contributed by atoms with E-state index in [1.807, 2.05) is 0 Å². The van der Waals surface area contributed by atoms with Crippen molar-refractivity contribution in [2.24, 2.45) is 0 Å². The van der Waals surface area contributed by atoms with Gasteiger partial charge in [0, 0.05) is 0 Å². The molecule has 0 saturated heterocycles. The molecular formula is C46H44Cl2HfSi-2. The summed E-state index contributed by atoms with van der Waals surface area (Å²) < 4.78 is 0. The number of benzene rings is 4. The van der Waals surface area contributed by atoms with E-state index in [1.54, 1.807) is 0 Å². The minimum absolute atomic E-state index is 0. The van der Waals surface area contributed by atoms with Crippen LogP contribution >= 0.6 is 0 Å². The summed E-state index contributed by atoms with van der Waals surface area (Å²) in [4.78, 5) is 0. The van der Waals surface area contributed by atoms with Gasteiger partial charge in [-0.1, -0.05) is 145 Å². The summed E-state index contributed by atoms with van der Waals surface area (Å²) in [6, 6.07) is 36.1. The van der Waals surface area contributed by atoms with Crippen molar-refractivity contribution >= 4 is 39.2 Å². The van der Waals surface area contributed by atoms with Crippen molar-refractivity contribution in [1.29, 1.82) is 0 Å². The van der Waals surface area contributed by atoms with Gasteiger partial charge >= 0.3 is 41.6 Å². The van der Waals surface area contributed by atoms with Crippen molar-refractivity contribution in [1.82, 2.24) is 0 Å². The predicted molar refractivity (Wildman–Crippen MR) is 210 cm³/mol. The molecule has 6 aromatic carbocycles. The number of halogens is 2. The summed E-state index contributed by atoms with van der Waals surface area (Å²) in [6.07, 6.45) is 21.6. The summed E-state index contributed by atoms with van der Waals surface area (Å²) in [7, 11) is 0. The van der Waals surface area contributed by atoms with Crippen LogP contribution < -0.4 is 24.8 Å². The maximum absolute atomic E-state index is 2.36. The van der Waals surface area contributed by atoms with E-state index < -0.39 is 0 Å². The summed E-state index contributed by atoms with van der Waals surface area (Å²) in [5.74, 6) is 0. The molecule has 6 aromatic rings. The quantitative estimate of drug-likeness (QED) is 0.138. The van der Waals surface area contributed by atoms with E-state index >= 15 is 0 Å². The first-order valence-electron chi connectivity index (χ1n) is 17.2. The SMILES string of the molecule is CCc1cc(-c2cc3c([cH-]2)C=CC=CC3)c2ccccc2c1.CCc1cc(-c2cc3c([cH-]2)C=CC=CC3)c2ccccc2c1.C[Si](C)=[Hf+2].[Cl-].[Cl-]. The molecule has 2 aliphatic carbocycles. The number of hydrogen-bond acceptors (Lipinski definition) is 0. The van der Waals surface area contributed by atoms with Crippen molar-refractivity contribution < 1.29 is 47.8 Å². The zero-order valence-electron chi connectivity index (χ0n) is 29.4. The van der Waals surface area contributed by atoms with Crippen molar-refractivity contribution in [3.8, 4) is 22.3 Å². The van der Waals surface area contributed by atoms with E-state index in [0.29, 0.717) is 0 Å². The average Bonchev–Trinajstić information content (AvgIpc) is 3.54. The summed E-state index contributed by atoms with van der Waals surface area (Å²) in [5, 5.41) is 5.37. The second-order valence-electron chi connectivity index (χ2n) is 12.9. The summed E-state index contributed by atoms with van der Waals surface area (Å²) >= 11 is 1.45. The number of aryl methyl sites for hydroxylation is 2. The molecular weight excluding hydrogens is 830 g/mol. The Bertz CT molecular complexity index is 2050. The first-order valence-corrected chi connectivity index (χ1v) is 25.1. The van der Waals surface area contributed by atoms with E-state index in [0.717, 1.165) is 25.7 Å². The topological polar surface area (TPSA) is 0 Å². The molecule has 0 fully saturated rings. The van der Waals surface area contributed by atoms with Crippen LogP contribution in [0.15, 0.2) is 134 Å². The number of hydrogen-bond donors (Lipinski definition) is 0. The van der Waals surface area contributed by atoms with E-state index in [2.05, 4.69) is 173 Å². The van der Waals surface area contributed by atoms with Crippen LogP contribution in [0.3, 0.4) is 0 Å². The van der Waals surface area contributed by atoms with Crippen molar-refractivity contribution in [3.05, 3.63) is 167 Å². The molecule has 4 heteroatoms. The van der Waals surface area contributed by atoms with Crippen molar-refractivity contribution in [3.63, 3.8) is 0 Å². The molecule has 0 nitrogen and oxygen atoms in total. The predicted octanol–water partition coefficient (Wildman–Crippen LogP) is 6.62. The largest absolute Gasteiger partial charge is 1.00 e. The van der Waals surface area contributed by atoms with Crippen LogP contribution in [-0.4, -0.2) is 5.49 Å². The normalized spacial score (nSPS) is 12.3. The van der Waals surface area contributed by atoms with Gasteiger partial charge in [-0.3, -0.25) is 0 Å². The molecule has 0 aliphatic heterocycles. The van der Waals surface area contributed by atoms with Gasteiger partial charge in [0.2, 0.25) is 0 Å². The maximum Gasteiger partial charge on any atom is -1.00 e. The zero-order chi connectivity index (χ0) is 33.5. The average molecular weight is 874 g/mol. The maximum atomic E-state index is 2.36. The zero-order valence-corrected chi connectivity index (χ0v) is 35.5. The molecule has 0 radical (unpaired) electrons. The van der Waals surface area contributed by atoms with Gasteiger partial charge in [0.15, 0.2) is 0 Å². The fourth-order valence-corrected chi connectivity index (χ4v) is 6.62. The summed E-state index contributed by atoms with van der Waals surface area (Å²) in [6.45, 7) is 9.11. The van der Waals surface area contributed by atoms with Gasteiger partial charge in [0.05, 0.1) is 0 Å². The number of rotatable bonds is 4. The van der Waals surface area contributed by atoms with Crippen LogP contribution in [0.4, 0.5) is 0 Å². The van der Waals surface area contributed by atoms with Crippen LogP contribution in [-0.2, 0) is 48.7 Å². The molecule has 0 N–H and O–H groups in total. The molecule has 2 aliphatic rings. The van der Waals surface area contributed by atoms with Gasteiger partial charge in [0.25, 0.3) is 0 Å². The molecule has 0 spiro atoms. The number of allylic oxidation sites excluding steroid dienone is 6. The van der Waals surface area contributed by atoms with Crippen LogP contribution in [0, 0.1) is 0 Å². The Labute approximate surface area is 326 Å². The first-order chi connectivity index (χ1) is 23.4. The van der Waals surface area contributed by atoms with Gasteiger partial charge in [0.1, 0.15) is 0 Å². The molecule has 0 unspecified atom stereocenters. The van der Waals surface area contributed by atoms with Gasteiger partial charge in [-0.25, -0.2) is 0 Å². The smallest absolute Gasteiger partial charge is 1.00 e. The Morgan fingerprint density at radius 2 is 0.980 bits per heavy atom. The third-order valence-corrected chi connectivity index (χ3v) is 9.03. The van der Waals surface area contributed by atoms with E-state index in [1.165, 1.54) is 100 Å².